The third-order valence-corrected chi connectivity index (χ3v) is 8.35. The van der Waals surface area contributed by atoms with Crippen molar-refractivity contribution in [2.45, 2.75) is 88.4 Å². The number of hydrogen-bond donors (Lipinski definition) is 3. The van der Waals surface area contributed by atoms with Crippen molar-refractivity contribution >= 4 is 33.7 Å². The van der Waals surface area contributed by atoms with E-state index in [4.69, 9.17) is 4.74 Å². The zero-order valence-electron chi connectivity index (χ0n) is 19.6. The Morgan fingerprint density at radius 2 is 1.91 bits per heavy atom. The number of carbonyl (C=O) groups is 3. The van der Waals surface area contributed by atoms with E-state index in [0.717, 1.165) is 25.7 Å². The highest BCUT2D eigenvalue weighted by Crippen LogP contribution is 2.60. The fraction of sp³-hybridized carbons (Fsp3) is 0.870. The van der Waals surface area contributed by atoms with Crippen LogP contribution in [0.5, 0.6) is 0 Å². The predicted molar refractivity (Wildman–Crippen MR) is 124 cm³/mol. The van der Waals surface area contributed by atoms with Crippen LogP contribution in [0.15, 0.2) is 0 Å². The first kappa shape index (κ1) is 25.4. The van der Waals surface area contributed by atoms with Gasteiger partial charge in [-0.15, -0.1) is 0 Å². The highest BCUT2D eigenvalue weighted by atomic mass is 79.9. The Bertz CT molecular complexity index is 722. The Kier molecular flexibility index (Phi) is 8.25. The summed E-state index contributed by atoms with van der Waals surface area (Å²) in [7, 11) is 0. The van der Waals surface area contributed by atoms with E-state index in [2.05, 4.69) is 26.6 Å². The quantitative estimate of drug-likeness (QED) is 0.286. The minimum absolute atomic E-state index is 0.00514. The zero-order chi connectivity index (χ0) is 23.6. The van der Waals surface area contributed by atoms with Gasteiger partial charge in [0.25, 0.3) is 0 Å². The van der Waals surface area contributed by atoms with Gasteiger partial charge in [0, 0.05) is 17.9 Å². The maximum atomic E-state index is 13.9. The second-order valence-electron chi connectivity index (χ2n) is 9.48. The molecule has 0 aromatic carbocycles. The number of amides is 3. The minimum Gasteiger partial charge on any atom is -0.394 e. The van der Waals surface area contributed by atoms with Gasteiger partial charge < -0.3 is 25.4 Å². The molecule has 8 atom stereocenters. The largest absolute Gasteiger partial charge is 0.394 e. The number of halogens is 1. The lowest BCUT2D eigenvalue weighted by Gasteiger charge is -2.38. The Morgan fingerprint density at radius 1 is 1.22 bits per heavy atom. The third kappa shape index (κ3) is 4.09. The molecule has 3 saturated heterocycles. The van der Waals surface area contributed by atoms with Gasteiger partial charge in [0.1, 0.15) is 11.6 Å². The second-order valence-corrected chi connectivity index (χ2v) is 10.7. The molecule has 0 aliphatic carbocycles. The summed E-state index contributed by atoms with van der Waals surface area (Å²) in [6, 6.07) is -1.37. The smallest absolute Gasteiger partial charge is 0.245 e. The first-order valence-corrected chi connectivity index (χ1v) is 13.0. The van der Waals surface area contributed by atoms with Gasteiger partial charge in [-0.3, -0.25) is 14.4 Å². The van der Waals surface area contributed by atoms with Crippen molar-refractivity contribution in [1.29, 1.82) is 0 Å². The van der Waals surface area contributed by atoms with Crippen LogP contribution in [0.3, 0.4) is 0 Å². The molecule has 3 fully saturated rings. The van der Waals surface area contributed by atoms with Gasteiger partial charge in [0.15, 0.2) is 0 Å². The summed E-state index contributed by atoms with van der Waals surface area (Å²) >= 11 is 3.66. The van der Waals surface area contributed by atoms with E-state index in [0.29, 0.717) is 19.5 Å². The van der Waals surface area contributed by atoms with E-state index >= 15 is 0 Å². The Hall–Kier alpha value is -1.19. The average Bonchev–Trinajstić information content (AvgIpc) is 3.36. The normalized spacial score (nSPS) is 35.0. The topological polar surface area (TPSA) is 108 Å². The lowest BCUT2D eigenvalue weighted by molar-refractivity contribution is -0.147. The predicted octanol–water partition coefficient (Wildman–Crippen LogP) is 1.58. The van der Waals surface area contributed by atoms with E-state index in [1.807, 2.05) is 27.7 Å². The van der Waals surface area contributed by atoms with Gasteiger partial charge >= 0.3 is 0 Å². The third-order valence-electron chi connectivity index (χ3n) is 7.50. The standard InChI is InChI=1S/C23H38BrN3O5/c1-5-8-10-26-21(30)19-23-11-14(24)18(32-23)16(20(29)25-9-6-2)17(23)22(31)27(19)15(12-28)13(4)7-3/h13-19,28H,5-12H2,1-4H3,(H,25,29)(H,26,30)/t13-,14?,15-,16-,17-,18-,19?,23?/m0/s1. The Morgan fingerprint density at radius 3 is 2.50 bits per heavy atom. The van der Waals surface area contributed by atoms with Crippen LogP contribution in [-0.2, 0) is 19.1 Å². The summed E-state index contributed by atoms with van der Waals surface area (Å²) in [5.41, 5.74) is -1.07. The molecule has 2 bridgehead atoms. The van der Waals surface area contributed by atoms with Crippen LogP contribution < -0.4 is 10.6 Å². The number of likely N-dealkylation sites (tertiary alicyclic amines) is 1. The number of unbranched alkanes of at least 4 members (excludes halogenated alkanes) is 1. The van der Waals surface area contributed by atoms with Crippen molar-refractivity contribution in [2.24, 2.45) is 17.8 Å². The molecule has 0 aromatic rings. The van der Waals surface area contributed by atoms with E-state index in [9.17, 15) is 19.5 Å². The fourth-order valence-electron chi connectivity index (χ4n) is 5.69. The van der Waals surface area contributed by atoms with Crippen LogP contribution >= 0.6 is 15.9 Å². The van der Waals surface area contributed by atoms with E-state index < -0.39 is 35.6 Å². The second kappa shape index (κ2) is 10.4. The Balaban J connectivity index is 2.03. The molecule has 3 N–H and O–H groups in total. The lowest BCUT2D eigenvalue weighted by atomic mass is 9.70. The van der Waals surface area contributed by atoms with Crippen LogP contribution in [0.4, 0.5) is 0 Å². The number of aliphatic hydroxyl groups excluding tert-OH is 1. The average molecular weight is 516 g/mol. The summed E-state index contributed by atoms with van der Waals surface area (Å²) in [5, 5.41) is 16.2. The van der Waals surface area contributed by atoms with Crippen molar-refractivity contribution in [2.75, 3.05) is 19.7 Å². The van der Waals surface area contributed by atoms with Crippen LogP contribution in [0, 0.1) is 17.8 Å². The van der Waals surface area contributed by atoms with E-state index in [1.165, 1.54) is 0 Å². The molecule has 8 nitrogen and oxygen atoms in total. The summed E-state index contributed by atoms with van der Waals surface area (Å²) in [5.74, 6) is -2.09. The highest BCUT2D eigenvalue weighted by Gasteiger charge is 2.77. The number of rotatable bonds is 11. The SMILES string of the molecule is CCCCNC(=O)C1N([C@@H](CO)[C@@H](C)CC)C(=O)[C@@H]2[C@H](C(=O)NCCC)[C@H]3OC12CC3Br. The molecule has 0 aromatic heterocycles. The van der Waals surface area contributed by atoms with Crippen molar-refractivity contribution in [3.8, 4) is 0 Å². The number of alkyl halides is 1. The van der Waals surface area contributed by atoms with Gasteiger partial charge in [-0.1, -0.05) is 56.5 Å². The van der Waals surface area contributed by atoms with Crippen LogP contribution in [-0.4, -0.2) is 76.0 Å². The minimum atomic E-state index is -1.07. The van der Waals surface area contributed by atoms with E-state index in [1.54, 1.807) is 4.90 Å². The molecule has 3 aliphatic heterocycles. The fourth-order valence-corrected chi connectivity index (χ4v) is 6.63. The number of aliphatic hydroxyl groups is 1. The first-order valence-electron chi connectivity index (χ1n) is 12.1. The van der Waals surface area contributed by atoms with Crippen LogP contribution in [0.1, 0.15) is 59.8 Å². The number of nitrogens with zero attached hydrogens (tertiary/aromatic N) is 1. The number of ether oxygens (including phenoxy) is 1. The van der Waals surface area contributed by atoms with Crippen molar-refractivity contribution in [3.63, 3.8) is 0 Å². The highest BCUT2D eigenvalue weighted by molar-refractivity contribution is 9.09. The molecule has 1 spiro atoms. The van der Waals surface area contributed by atoms with Gasteiger partial charge in [-0.25, -0.2) is 0 Å². The molecule has 3 amide bonds. The molecule has 3 aliphatic rings. The summed E-state index contributed by atoms with van der Waals surface area (Å²) in [4.78, 5) is 42.0. The Labute approximate surface area is 199 Å². The zero-order valence-corrected chi connectivity index (χ0v) is 21.2. The maximum Gasteiger partial charge on any atom is 0.245 e. The number of nitrogens with one attached hydrogen (secondary N) is 2. The lowest BCUT2D eigenvalue weighted by Crippen LogP contribution is -2.59. The molecular formula is C23H38BrN3O5. The molecule has 9 heteroatoms. The molecule has 0 radical (unpaired) electrons. The molecule has 3 heterocycles. The van der Waals surface area contributed by atoms with Gasteiger partial charge in [-0.2, -0.15) is 0 Å². The number of hydrogen-bond acceptors (Lipinski definition) is 5. The van der Waals surface area contributed by atoms with Gasteiger partial charge in [0.05, 0.1) is 30.6 Å². The summed E-state index contributed by atoms with van der Waals surface area (Å²) in [6.45, 7) is 8.81. The van der Waals surface area contributed by atoms with E-state index in [-0.39, 0.29) is 35.1 Å². The monoisotopic (exact) mass is 515 g/mol. The summed E-state index contributed by atoms with van der Waals surface area (Å²) < 4.78 is 6.45. The van der Waals surface area contributed by atoms with Gasteiger partial charge in [-0.05, 0) is 25.2 Å². The summed E-state index contributed by atoms with van der Waals surface area (Å²) in [6.07, 6.45) is 3.35. The van der Waals surface area contributed by atoms with Crippen molar-refractivity contribution < 1.29 is 24.2 Å². The number of fused-ring (bicyclic) bond motifs is 1. The molecule has 3 unspecified atom stereocenters. The molecular weight excluding hydrogens is 478 g/mol. The van der Waals surface area contributed by atoms with Crippen molar-refractivity contribution in [1.82, 2.24) is 15.5 Å². The maximum absolute atomic E-state index is 13.9. The van der Waals surface area contributed by atoms with Gasteiger partial charge in [0.2, 0.25) is 17.7 Å². The molecule has 3 rings (SSSR count). The molecule has 0 saturated carbocycles. The van der Waals surface area contributed by atoms with Crippen molar-refractivity contribution in [3.05, 3.63) is 0 Å². The van der Waals surface area contributed by atoms with Crippen LogP contribution in [0.2, 0.25) is 0 Å². The molecule has 32 heavy (non-hydrogen) atoms. The van der Waals surface area contributed by atoms with Crippen LogP contribution in [0.25, 0.3) is 0 Å². The number of carbonyl (C=O) groups excluding carboxylic acids is 3. The first-order chi connectivity index (χ1) is 15.3. The molecule has 182 valence electrons.